The number of ether oxygens (including phenoxy) is 2. The minimum absolute atomic E-state index is 0.103. The minimum Gasteiger partial charge on any atom is -0.494 e. The van der Waals surface area contributed by atoms with Crippen molar-refractivity contribution in [2.24, 2.45) is 17.8 Å². The lowest BCUT2D eigenvalue weighted by Crippen LogP contribution is -2.60. The summed E-state index contributed by atoms with van der Waals surface area (Å²) in [5.41, 5.74) is 0.772. The highest BCUT2D eigenvalue weighted by Crippen LogP contribution is 2.54. The van der Waals surface area contributed by atoms with Crippen molar-refractivity contribution >= 4 is 8.32 Å². The highest BCUT2D eigenvalue weighted by Gasteiger charge is 2.81. The zero-order valence-electron chi connectivity index (χ0n) is 29.5. The highest BCUT2D eigenvalue weighted by atomic mass is 28.4. The van der Waals surface area contributed by atoms with Gasteiger partial charge in [0.15, 0.2) is 8.32 Å². The number of hydrogen-bond acceptors (Lipinski definition) is 3. The van der Waals surface area contributed by atoms with Crippen molar-refractivity contribution in [2.45, 2.75) is 129 Å². The van der Waals surface area contributed by atoms with Crippen molar-refractivity contribution in [2.75, 3.05) is 13.2 Å². The van der Waals surface area contributed by atoms with Gasteiger partial charge in [-0.3, -0.25) is 0 Å². The summed E-state index contributed by atoms with van der Waals surface area (Å²) in [4.78, 5) is 0. The zero-order valence-corrected chi connectivity index (χ0v) is 30.5. The van der Waals surface area contributed by atoms with Crippen molar-refractivity contribution in [3.63, 3.8) is 0 Å². The van der Waals surface area contributed by atoms with Gasteiger partial charge in [0.1, 0.15) is 5.75 Å². The van der Waals surface area contributed by atoms with Gasteiger partial charge in [0, 0.05) is 13.0 Å². The first-order valence-electron chi connectivity index (χ1n) is 16.3. The molecule has 48 heavy (non-hydrogen) atoms. The van der Waals surface area contributed by atoms with Gasteiger partial charge in [0.05, 0.1) is 19.3 Å². The first-order chi connectivity index (χ1) is 21.7. The molecule has 0 N–H and O–H groups in total. The monoisotopic (exact) mass is 720 g/mol. The van der Waals surface area contributed by atoms with E-state index in [1.165, 1.54) is 12.1 Å². The third kappa shape index (κ3) is 13.0. The van der Waals surface area contributed by atoms with Crippen LogP contribution in [0.15, 0.2) is 48.6 Å². The second-order valence-corrected chi connectivity index (χ2v) is 19.1. The zero-order chi connectivity index (χ0) is 37.2. The van der Waals surface area contributed by atoms with Gasteiger partial charge in [0.25, 0.3) is 0 Å². The van der Waals surface area contributed by atoms with E-state index in [1.807, 2.05) is 13.8 Å². The molecular weight excluding hydrogens is 667 g/mol. The maximum atomic E-state index is 13.7. The van der Waals surface area contributed by atoms with E-state index in [0.29, 0.717) is 11.8 Å². The first-order valence-corrected chi connectivity index (χ1v) is 19.2. The van der Waals surface area contributed by atoms with Gasteiger partial charge >= 0.3 is 23.9 Å². The van der Waals surface area contributed by atoms with Gasteiger partial charge < -0.3 is 13.9 Å². The fourth-order valence-corrected chi connectivity index (χ4v) is 5.17. The summed E-state index contributed by atoms with van der Waals surface area (Å²) in [6, 6.07) is 6.25. The van der Waals surface area contributed by atoms with E-state index in [2.05, 4.69) is 72.0 Å². The quantitative estimate of drug-likeness (QED) is 0.0581. The van der Waals surface area contributed by atoms with Crippen molar-refractivity contribution in [1.82, 2.24) is 0 Å². The lowest BCUT2D eigenvalue weighted by molar-refractivity contribution is -0.396. The summed E-state index contributed by atoms with van der Waals surface area (Å²) in [7, 11) is -1.74. The van der Waals surface area contributed by atoms with Crippen molar-refractivity contribution in [3.8, 4) is 5.75 Å². The number of halogens is 9. The largest absolute Gasteiger partial charge is 0.494 e. The van der Waals surface area contributed by atoms with E-state index >= 15 is 0 Å². The molecule has 3 nitrogen and oxygen atoms in total. The number of hydrogen-bond donors (Lipinski definition) is 0. The third-order valence-electron chi connectivity index (χ3n) is 8.78. The highest BCUT2D eigenvalue weighted by molar-refractivity contribution is 6.74. The molecule has 0 fully saturated rings. The summed E-state index contributed by atoms with van der Waals surface area (Å²) in [6.45, 7) is 20.1. The molecule has 4 atom stereocenters. The summed E-state index contributed by atoms with van der Waals surface area (Å²) < 4.78 is 134. The average molecular weight is 721 g/mol. The molecule has 0 bridgehead atoms. The molecule has 1 rings (SSSR count). The van der Waals surface area contributed by atoms with Gasteiger partial charge in [-0.2, -0.15) is 39.5 Å². The Morgan fingerprint density at radius 2 is 1.33 bits per heavy atom. The van der Waals surface area contributed by atoms with Crippen LogP contribution in [0, 0.1) is 17.8 Å². The maximum Gasteiger partial charge on any atom is 0.460 e. The number of alkyl halides is 9. The van der Waals surface area contributed by atoms with Crippen LogP contribution in [0.3, 0.4) is 0 Å². The molecule has 0 spiro atoms. The molecular formula is C35H53F9O3Si. The molecule has 0 unspecified atom stereocenters. The molecule has 0 amide bonds. The second kappa shape index (κ2) is 17.8. The Morgan fingerprint density at radius 1 is 0.771 bits per heavy atom. The summed E-state index contributed by atoms with van der Waals surface area (Å²) >= 11 is 0. The number of rotatable bonds is 20. The van der Waals surface area contributed by atoms with Crippen LogP contribution in [-0.2, 0) is 15.8 Å². The predicted molar refractivity (Wildman–Crippen MR) is 174 cm³/mol. The van der Waals surface area contributed by atoms with E-state index in [0.717, 1.165) is 25.0 Å². The number of benzene rings is 1. The van der Waals surface area contributed by atoms with Crippen LogP contribution in [0.4, 0.5) is 39.5 Å². The fourth-order valence-electron chi connectivity index (χ4n) is 4.03. The summed E-state index contributed by atoms with van der Waals surface area (Å²) in [5, 5.41) is 0.197. The van der Waals surface area contributed by atoms with Gasteiger partial charge in [-0.05, 0) is 79.8 Å². The third-order valence-corrected chi connectivity index (χ3v) is 13.3. The Hall–Kier alpha value is -1.99. The fraction of sp³-hybridized carbons (Fsp3) is 0.714. The molecule has 0 saturated carbocycles. The Morgan fingerprint density at radius 3 is 1.88 bits per heavy atom. The Bertz CT molecular complexity index is 1140. The van der Waals surface area contributed by atoms with E-state index < -0.39 is 51.7 Å². The van der Waals surface area contributed by atoms with Crippen LogP contribution in [0.25, 0.3) is 0 Å². The smallest absolute Gasteiger partial charge is 0.460 e. The van der Waals surface area contributed by atoms with Crippen LogP contribution in [0.5, 0.6) is 5.75 Å². The standard InChI is InChI=1S/C35H53F9O3Si/c1-25(13-10-15-26(2)23-47-48(8,9)31(5,6)7)14-11-16-27(3)28(4)46-24-29-17-19-30(20-18-29)45-22-12-21-32(36,37)33(38,39)34(40,41)35(42,43)44/h10-11,13,16-20,25-28H,12,14-15,21-24H2,1-9H3/b13-10+,16-11+/t25-,26+,27+,28+/m1/s1. The van der Waals surface area contributed by atoms with Crippen molar-refractivity contribution in [3.05, 3.63) is 54.1 Å². The summed E-state index contributed by atoms with van der Waals surface area (Å²) in [6.07, 6.45) is 0.851. The molecule has 0 radical (unpaired) electrons. The Balaban J connectivity index is 2.43. The molecule has 0 heterocycles. The molecule has 1 aromatic carbocycles. The van der Waals surface area contributed by atoms with Crippen LogP contribution >= 0.6 is 0 Å². The van der Waals surface area contributed by atoms with Crippen LogP contribution in [0.1, 0.15) is 79.7 Å². The second-order valence-electron chi connectivity index (χ2n) is 14.3. The van der Waals surface area contributed by atoms with Crippen molar-refractivity contribution < 1.29 is 53.4 Å². The average Bonchev–Trinajstić information content (AvgIpc) is 2.96. The SMILES string of the molecule is C[C@@H](C/C=C/[C@@H](C)C/C=C/[C@H](C)[C@H](C)OCc1ccc(OCCCC(F)(F)C(F)(F)C(F)(F)C(F)(F)F)cc1)CO[Si](C)(C)C(C)(C)C. The topological polar surface area (TPSA) is 27.7 Å². The molecule has 0 saturated heterocycles. The van der Waals surface area contributed by atoms with Crippen LogP contribution in [-0.4, -0.2) is 51.6 Å². The minimum atomic E-state index is -6.88. The lowest BCUT2D eigenvalue weighted by atomic mass is 10.00. The molecule has 0 aliphatic carbocycles. The van der Waals surface area contributed by atoms with E-state index in [1.54, 1.807) is 12.1 Å². The first kappa shape index (κ1) is 44.0. The maximum absolute atomic E-state index is 13.7. The predicted octanol–water partition coefficient (Wildman–Crippen LogP) is 12.0. The van der Waals surface area contributed by atoms with Crippen molar-refractivity contribution in [1.29, 1.82) is 0 Å². The van der Waals surface area contributed by atoms with E-state index in [-0.39, 0.29) is 29.4 Å². The Labute approximate surface area is 281 Å². The normalized spacial score (nSPS) is 16.8. The molecule has 278 valence electrons. The number of allylic oxidation sites excluding steroid dienone is 3. The molecule has 13 heteroatoms. The summed E-state index contributed by atoms with van der Waals surface area (Å²) in [5.74, 6) is -17.9. The van der Waals surface area contributed by atoms with Crippen LogP contribution < -0.4 is 4.74 Å². The van der Waals surface area contributed by atoms with E-state index in [4.69, 9.17) is 13.9 Å². The molecule has 0 aliphatic heterocycles. The van der Waals surface area contributed by atoms with Gasteiger partial charge in [-0.1, -0.05) is 78.0 Å². The molecule has 1 aromatic rings. The van der Waals surface area contributed by atoms with Gasteiger partial charge in [-0.25, -0.2) is 0 Å². The molecule has 0 aliphatic rings. The lowest BCUT2D eigenvalue weighted by Gasteiger charge is -2.36. The van der Waals surface area contributed by atoms with Crippen LogP contribution in [0.2, 0.25) is 18.1 Å². The Kier molecular flexibility index (Phi) is 16.3. The van der Waals surface area contributed by atoms with Gasteiger partial charge in [0.2, 0.25) is 0 Å². The van der Waals surface area contributed by atoms with Gasteiger partial charge in [-0.15, -0.1) is 0 Å². The molecule has 0 aromatic heterocycles. The van der Waals surface area contributed by atoms with E-state index in [9.17, 15) is 39.5 Å².